The van der Waals surface area contributed by atoms with E-state index in [-0.39, 0.29) is 0 Å². The Hall–Kier alpha value is -4.27. The summed E-state index contributed by atoms with van der Waals surface area (Å²) in [5, 5.41) is 33.0. The van der Waals surface area contributed by atoms with Crippen LogP contribution in [0.1, 0.15) is 54.6 Å². The van der Waals surface area contributed by atoms with Gasteiger partial charge in [0.05, 0.1) is 29.6 Å². The molecule has 2 aromatic heterocycles. The molecule has 3 N–H and O–H groups in total. The number of ether oxygens (including phenoxy) is 1. The third-order valence-electron chi connectivity index (χ3n) is 7.28. The molecule has 1 saturated carbocycles. The molecule has 43 heavy (non-hydrogen) atoms. The molecule has 0 unspecified atom stereocenters. The molecule has 1 aliphatic carbocycles. The second kappa shape index (κ2) is 17.0. The second-order valence-corrected chi connectivity index (χ2v) is 10.9. The van der Waals surface area contributed by atoms with Crippen molar-refractivity contribution in [1.82, 2.24) is 20.4 Å². The van der Waals surface area contributed by atoms with Gasteiger partial charge in [0.25, 0.3) is 0 Å². The molecule has 0 radical (unpaired) electrons. The van der Waals surface area contributed by atoms with Crippen molar-refractivity contribution in [3.63, 3.8) is 0 Å². The third kappa shape index (κ3) is 11.1. The van der Waals surface area contributed by atoms with E-state index < -0.39 is 11.9 Å². The predicted molar refractivity (Wildman–Crippen MR) is 162 cm³/mol. The van der Waals surface area contributed by atoms with Crippen LogP contribution in [0.2, 0.25) is 0 Å². The molecule has 0 bridgehead atoms. The Kier molecular flexibility index (Phi) is 13.1. The zero-order valence-electron chi connectivity index (χ0n) is 25.1. The van der Waals surface area contributed by atoms with Crippen molar-refractivity contribution in [2.75, 3.05) is 33.8 Å². The van der Waals surface area contributed by atoms with Gasteiger partial charge in [0.2, 0.25) is 0 Å². The van der Waals surface area contributed by atoms with Crippen LogP contribution in [0.25, 0.3) is 11.0 Å². The summed E-state index contributed by atoms with van der Waals surface area (Å²) in [7, 11) is 3.75. The van der Waals surface area contributed by atoms with Crippen molar-refractivity contribution in [2.45, 2.75) is 52.0 Å². The van der Waals surface area contributed by atoms with Gasteiger partial charge in [0.1, 0.15) is 5.75 Å². The first-order valence-corrected chi connectivity index (χ1v) is 14.5. The van der Waals surface area contributed by atoms with E-state index in [1.165, 1.54) is 25.7 Å². The molecule has 2 fully saturated rings. The highest BCUT2D eigenvalue weighted by molar-refractivity contribution is 5.89. The van der Waals surface area contributed by atoms with E-state index in [4.69, 9.17) is 24.7 Å². The molecular formula is C32H41N5O6. The number of aromatic nitrogens is 2. The van der Waals surface area contributed by atoms with E-state index in [0.29, 0.717) is 23.6 Å². The second-order valence-electron chi connectivity index (χ2n) is 10.9. The lowest BCUT2D eigenvalue weighted by Crippen LogP contribution is -2.33. The van der Waals surface area contributed by atoms with Gasteiger partial charge in [-0.15, -0.1) is 0 Å². The van der Waals surface area contributed by atoms with E-state index in [1.54, 1.807) is 12.3 Å². The minimum Gasteiger partial charge on any atom is -0.493 e. The van der Waals surface area contributed by atoms with Gasteiger partial charge in [-0.25, -0.2) is 9.59 Å². The maximum atomic E-state index is 9.55. The summed E-state index contributed by atoms with van der Waals surface area (Å²) < 4.78 is 11.7. The fraction of sp³-hybridized carbons (Fsp3) is 0.469. The molecular weight excluding hydrogens is 550 g/mol. The molecule has 11 nitrogen and oxygen atoms in total. The Labute approximate surface area is 252 Å². The van der Waals surface area contributed by atoms with Gasteiger partial charge in [-0.3, -0.25) is 9.88 Å². The zero-order valence-corrected chi connectivity index (χ0v) is 25.1. The fourth-order valence-electron chi connectivity index (χ4n) is 4.78. The molecule has 3 heterocycles. The van der Waals surface area contributed by atoms with E-state index in [2.05, 4.69) is 45.5 Å². The lowest BCUT2D eigenvalue weighted by Gasteiger charge is -2.31. The summed E-state index contributed by atoms with van der Waals surface area (Å²) in [6.45, 7) is 5.84. The summed E-state index contributed by atoms with van der Waals surface area (Å²) in [5.74, 6) is -0.145. The van der Waals surface area contributed by atoms with Crippen molar-refractivity contribution in [3.05, 3.63) is 65.1 Å². The average Bonchev–Trinajstić information content (AvgIpc) is 3.73. The van der Waals surface area contributed by atoms with E-state index in [1.807, 2.05) is 20.2 Å². The Morgan fingerprint density at radius 3 is 2.40 bits per heavy atom. The number of nitriles is 1. The number of hydrogen-bond donors (Lipinski definition) is 3. The molecule has 0 amide bonds. The Morgan fingerprint density at radius 2 is 1.79 bits per heavy atom. The standard InChI is InChI=1S/C26H30N4O2.C4H4O4.C2H7N/c1-18-25(31-17-20-2-3-20)7-5-23-24(29-32-26(18)23)6-4-19-9-12-30(13-10-19)16-22-14-21(15-27)8-11-28-22;5-3(6)1-2-4(7)8;1-3-2/h5,7-8,11,14,19-20H,2-4,6,9-10,12-13,16-17H2,1H3;1-2H,(H,5,6)(H,7,8);3H,1-2H3. The highest BCUT2D eigenvalue weighted by atomic mass is 16.5. The third-order valence-corrected chi connectivity index (χ3v) is 7.28. The lowest BCUT2D eigenvalue weighted by atomic mass is 9.91. The number of carbonyl (C=O) groups is 2. The van der Waals surface area contributed by atoms with Crippen LogP contribution >= 0.6 is 0 Å². The number of pyridine rings is 1. The van der Waals surface area contributed by atoms with Crippen LogP contribution in [0, 0.1) is 30.1 Å². The molecule has 1 aliphatic heterocycles. The predicted octanol–water partition coefficient (Wildman–Crippen LogP) is 4.58. The minimum atomic E-state index is -1.26. The number of rotatable bonds is 10. The van der Waals surface area contributed by atoms with Gasteiger partial charge >= 0.3 is 11.9 Å². The van der Waals surface area contributed by atoms with Crippen molar-refractivity contribution in [1.29, 1.82) is 5.26 Å². The average molecular weight is 592 g/mol. The fourth-order valence-corrected chi connectivity index (χ4v) is 4.78. The number of carboxylic acid groups (broad SMARTS) is 2. The number of aliphatic carboxylic acids is 2. The molecule has 2 aliphatic rings. The van der Waals surface area contributed by atoms with Crippen LogP contribution in [-0.4, -0.2) is 71.0 Å². The smallest absolute Gasteiger partial charge is 0.328 e. The lowest BCUT2D eigenvalue weighted by molar-refractivity contribution is -0.134. The number of piperidine rings is 1. The normalized spacial score (nSPS) is 15.2. The first-order chi connectivity index (χ1) is 20.7. The van der Waals surface area contributed by atoms with E-state index in [0.717, 1.165) is 78.7 Å². The first kappa shape index (κ1) is 33.2. The minimum absolute atomic E-state index is 0.558. The van der Waals surface area contributed by atoms with Gasteiger partial charge in [-0.2, -0.15) is 5.26 Å². The van der Waals surface area contributed by atoms with Crippen molar-refractivity contribution in [3.8, 4) is 11.8 Å². The quantitative estimate of drug-likeness (QED) is 0.283. The Morgan fingerprint density at radius 1 is 1.12 bits per heavy atom. The van der Waals surface area contributed by atoms with Gasteiger partial charge < -0.3 is 24.8 Å². The maximum absolute atomic E-state index is 9.55. The van der Waals surface area contributed by atoms with Crippen LogP contribution in [0.15, 0.2) is 47.1 Å². The van der Waals surface area contributed by atoms with Crippen LogP contribution in [-0.2, 0) is 22.6 Å². The van der Waals surface area contributed by atoms with Gasteiger partial charge in [-0.1, -0.05) is 5.16 Å². The summed E-state index contributed by atoms with van der Waals surface area (Å²) in [5.41, 5.74) is 4.66. The van der Waals surface area contributed by atoms with Crippen molar-refractivity contribution in [2.24, 2.45) is 11.8 Å². The molecule has 11 heteroatoms. The molecule has 0 atom stereocenters. The molecule has 0 spiro atoms. The van der Waals surface area contributed by atoms with Crippen molar-refractivity contribution < 1.29 is 29.1 Å². The zero-order chi connectivity index (χ0) is 31.2. The maximum Gasteiger partial charge on any atom is 0.328 e. The highest BCUT2D eigenvalue weighted by Gasteiger charge is 2.24. The monoisotopic (exact) mass is 591 g/mol. The number of aryl methyl sites for hydroxylation is 2. The summed E-state index contributed by atoms with van der Waals surface area (Å²) in [6, 6.07) is 10.0. The Bertz CT molecular complexity index is 1400. The van der Waals surface area contributed by atoms with E-state index >= 15 is 0 Å². The molecule has 230 valence electrons. The number of fused-ring (bicyclic) bond motifs is 1. The summed E-state index contributed by atoms with van der Waals surface area (Å²) in [6.07, 6.45) is 9.88. The largest absolute Gasteiger partial charge is 0.493 e. The highest BCUT2D eigenvalue weighted by Crippen LogP contribution is 2.34. The van der Waals surface area contributed by atoms with Crippen LogP contribution in [0.4, 0.5) is 0 Å². The number of carboxylic acids is 2. The van der Waals surface area contributed by atoms with Gasteiger partial charge in [0.15, 0.2) is 5.58 Å². The van der Waals surface area contributed by atoms with Gasteiger partial charge in [-0.05, 0) is 109 Å². The molecule has 1 saturated heterocycles. The van der Waals surface area contributed by atoms with Crippen LogP contribution in [0.3, 0.4) is 0 Å². The topological polar surface area (TPSA) is 162 Å². The SMILES string of the molecule is CNC.Cc1c(OCC2CC2)ccc2c(CCC3CCN(Cc4cc(C#N)ccn4)CC3)noc12.O=C(O)C=CC(=O)O. The van der Waals surface area contributed by atoms with Crippen molar-refractivity contribution >= 4 is 22.9 Å². The summed E-state index contributed by atoms with van der Waals surface area (Å²) in [4.78, 5) is 26.0. The number of nitrogens with zero attached hydrogens (tertiary/aromatic N) is 4. The number of likely N-dealkylation sites (tertiary alicyclic amines) is 1. The van der Waals surface area contributed by atoms with Crippen LogP contribution in [0.5, 0.6) is 5.75 Å². The molecule has 3 aromatic rings. The van der Waals surface area contributed by atoms with E-state index in [9.17, 15) is 9.59 Å². The summed E-state index contributed by atoms with van der Waals surface area (Å²) >= 11 is 0. The number of hydrogen-bond acceptors (Lipinski definition) is 9. The molecule has 5 rings (SSSR count). The number of nitrogens with one attached hydrogen (secondary N) is 1. The Balaban J connectivity index is 0.000000396. The first-order valence-electron chi connectivity index (χ1n) is 14.5. The van der Waals surface area contributed by atoms with Crippen LogP contribution < -0.4 is 10.1 Å². The molecule has 1 aromatic carbocycles. The number of benzene rings is 1. The van der Waals surface area contributed by atoms with Gasteiger partial charge in [0, 0.05) is 35.8 Å².